The quantitative estimate of drug-likeness (QED) is 0.747. The van der Waals surface area contributed by atoms with E-state index < -0.39 is 21.7 Å². The van der Waals surface area contributed by atoms with Gasteiger partial charge in [-0.3, -0.25) is 9.59 Å². The lowest BCUT2D eigenvalue weighted by molar-refractivity contribution is -0.120. The fourth-order valence-electron chi connectivity index (χ4n) is 3.21. The molecule has 0 aliphatic carbocycles. The predicted octanol–water partition coefficient (Wildman–Crippen LogP) is 0.566. The van der Waals surface area contributed by atoms with Gasteiger partial charge in [-0.05, 0) is 24.5 Å². The number of amides is 2. The summed E-state index contributed by atoms with van der Waals surface area (Å²) in [5.41, 5.74) is 0.968. The Morgan fingerprint density at radius 2 is 2.11 bits per heavy atom. The van der Waals surface area contributed by atoms with Crippen LogP contribution in [0.4, 0.5) is 0 Å². The molecule has 3 rings (SSSR count). The van der Waals surface area contributed by atoms with Crippen LogP contribution in [0.15, 0.2) is 24.4 Å². The summed E-state index contributed by atoms with van der Waals surface area (Å²) < 4.78 is 24.8. The second kappa shape index (κ2) is 7.67. The summed E-state index contributed by atoms with van der Waals surface area (Å²) in [7, 11) is -3.06. The number of aromatic nitrogens is 2. The largest absolute Gasteiger partial charge is 0.351 e. The number of carbonyl (C=O) groups excluding carboxylic acids is 2. The molecule has 0 aromatic carbocycles. The molecule has 9 heteroatoms. The van der Waals surface area contributed by atoms with Crippen LogP contribution in [0.2, 0.25) is 0 Å². The summed E-state index contributed by atoms with van der Waals surface area (Å²) in [4.78, 5) is 29.0. The van der Waals surface area contributed by atoms with Crippen LogP contribution in [0.1, 0.15) is 36.6 Å². The highest BCUT2D eigenvalue weighted by Crippen LogP contribution is 2.16. The van der Waals surface area contributed by atoms with Gasteiger partial charge in [0.1, 0.15) is 5.82 Å². The minimum Gasteiger partial charge on any atom is -0.351 e. The van der Waals surface area contributed by atoms with Gasteiger partial charge < -0.3 is 15.0 Å². The molecule has 1 unspecified atom stereocenters. The normalized spacial score (nSPS) is 18.7. The molecular formula is C18H24N4O4S. The highest BCUT2D eigenvalue weighted by molar-refractivity contribution is 7.91. The Labute approximate surface area is 158 Å². The van der Waals surface area contributed by atoms with E-state index in [9.17, 15) is 18.0 Å². The third kappa shape index (κ3) is 4.65. The molecule has 2 amide bonds. The molecule has 2 N–H and O–H groups in total. The van der Waals surface area contributed by atoms with Crippen molar-refractivity contribution in [1.82, 2.24) is 20.0 Å². The van der Waals surface area contributed by atoms with Crippen molar-refractivity contribution in [2.45, 2.75) is 32.7 Å². The maximum Gasteiger partial charge on any atom is 0.272 e. The molecule has 0 bridgehead atoms. The molecule has 1 aliphatic rings. The van der Waals surface area contributed by atoms with Gasteiger partial charge in [0.25, 0.3) is 5.91 Å². The molecule has 2 aromatic heterocycles. The van der Waals surface area contributed by atoms with E-state index in [-0.39, 0.29) is 29.8 Å². The van der Waals surface area contributed by atoms with Crippen LogP contribution in [0.25, 0.3) is 5.52 Å². The molecule has 1 fully saturated rings. The summed E-state index contributed by atoms with van der Waals surface area (Å²) in [5, 5.41) is 5.23. The first-order valence-electron chi connectivity index (χ1n) is 8.99. The molecule has 2 aromatic rings. The molecular weight excluding hydrogens is 368 g/mol. The van der Waals surface area contributed by atoms with Crippen molar-refractivity contribution in [3.05, 3.63) is 35.9 Å². The fourth-order valence-corrected chi connectivity index (χ4v) is 4.88. The third-order valence-corrected chi connectivity index (χ3v) is 6.20. The Morgan fingerprint density at radius 1 is 1.33 bits per heavy atom. The lowest BCUT2D eigenvalue weighted by Gasteiger charge is -2.11. The van der Waals surface area contributed by atoms with E-state index in [0.29, 0.717) is 17.9 Å². The number of imidazole rings is 1. The first-order valence-corrected chi connectivity index (χ1v) is 10.8. The summed E-state index contributed by atoms with van der Waals surface area (Å²) in [6.07, 6.45) is 3.01. The Kier molecular flexibility index (Phi) is 5.50. The predicted molar refractivity (Wildman–Crippen MR) is 101 cm³/mol. The standard InChI is InChI=1S/C18H24N4O4S/c1-12(2)9-15-21-17(14-5-3-4-7-22(14)15)18(24)19-10-16(23)20-13-6-8-27(25,26)11-13/h3-5,7,12-13H,6,8-11H2,1-2H3,(H,19,24)(H,20,23). The van der Waals surface area contributed by atoms with E-state index in [1.807, 2.05) is 28.8 Å². The first-order chi connectivity index (χ1) is 12.7. The zero-order valence-corrected chi connectivity index (χ0v) is 16.3. The number of fused-ring (bicyclic) bond motifs is 1. The van der Waals surface area contributed by atoms with Gasteiger partial charge in [-0.25, -0.2) is 13.4 Å². The fraction of sp³-hybridized carbons (Fsp3) is 0.500. The lowest BCUT2D eigenvalue weighted by atomic mass is 10.1. The van der Waals surface area contributed by atoms with Crippen molar-refractivity contribution in [2.24, 2.45) is 5.92 Å². The van der Waals surface area contributed by atoms with Crippen LogP contribution < -0.4 is 10.6 Å². The Bertz CT molecular complexity index is 965. The van der Waals surface area contributed by atoms with Crippen molar-refractivity contribution in [2.75, 3.05) is 18.1 Å². The highest BCUT2D eigenvalue weighted by atomic mass is 32.2. The number of sulfone groups is 1. The monoisotopic (exact) mass is 392 g/mol. The van der Waals surface area contributed by atoms with Crippen LogP contribution in [0, 0.1) is 5.92 Å². The van der Waals surface area contributed by atoms with E-state index in [1.165, 1.54) is 0 Å². The molecule has 146 valence electrons. The molecule has 1 aliphatic heterocycles. The number of rotatable bonds is 6. The van der Waals surface area contributed by atoms with E-state index in [1.54, 1.807) is 0 Å². The third-order valence-electron chi connectivity index (χ3n) is 4.43. The van der Waals surface area contributed by atoms with Crippen LogP contribution in [-0.4, -0.2) is 53.7 Å². The topological polar surface area (TPSA) is 110 Å². The van der Waals surface area contributed by atoms with Crippen LogP contribution >= 0.6 is 0 Å². The second-order valence-corrected chi connectivity index (χ2v) is 9.51. The molecule has 1 atom stereocenters. The minimum atomic E-state index is -3.06. The molecule has 0 spiro atoms. The molecule has 27 heavy (non-hydrogen) atoms. The number of hydrogen-bond acceptors (Lipinski definition) is 5. The highest BCUT2D eigenvalue weighted by Gasteiger charge is 2.29. The number of pyridine rings is 1. The van der Waals surface area contributed by atoms with E-state index >= 15 is 0 Å². The zero-order valence-electron chi connectivity index (χ0n) is 15.4. The van der Waals surface area contributed by atoms with Gasteiger partial charge in [0.15, 0.2) is 15.5 Å². The summed E-state index contributed by atoms with van der Waals surface area (Å²) >= 11 is 0. The number of hydrogen-bond donors (Lipinski definition) is 2. The van der Waals surface area contributed by atoms with Gasteiger partial charge in [-0.1, -0.05) is 19.9 Å². The van der Waals surface area contributed by atoms with Gasteiger partial charge in [0, 0.05) is 18.7 Å². The maximum absolute atomic E-state index is 12.5. The van der Waals surface area contributed by atoms with Crippen molar-refractivity contribution < 1.29 is 18.0 Å². The number of nitrogens with one attached hydrogen (secondary N) is 2. The molecule has 0 saturated carbocycles. The minimum absolute atomic E-state index is 0.0447. The van der Waals surface area contributed by atoms with Gasteiger partial charge in [-0.15, -0.1) is 0 Å². The van der Waals surface area contributed by atoms with Gasteiger partial charge >= 0.3 is 0 Å². The average molecular weight is 392 g/mol. The molecule has 1 saturated heterocycles. The van der Waals surface area contributed by atoms with Gasteiger partial charge in [-0.2, -0.15) is 0 Å². The summed E-state index contributed by atoms with van der Waals surface area (Å²) in [6.45, 7) is 3.94. The first kappa shape index (κ1) is 19.3. The van der Waals surface area contributed by atoms with Gasteiger partial charge in [0.2, 0.25) is 5.91 Å². The van der Waals surface area contributed by atoms with Gasteiger partial charge in [0.05, 0.1) is 23.6 Å². The lowest BCUT2D eigenvalue weighted by Crippen LogP contribution is -2.42. The van der Waals surface area contributed by atoms with Crippen LogP contribution in [0.3, 0.4) is 0 Å². The average Bonchev–Trinajstić information content (AvgIpc) is 3.12. The SMILES string of the molecule is CC(C)Cc1nc(C(=O)NCC(=O)NC2CCS(=O)(=O)C2)c2ccccn12. The van der Waals surface area contributed by atoms with E-state index in [2.05, 4.69) is 29.5 Å². The van der Waals surface area contributed by atoms with Crippen LogP contribution in [-0.2, 0) is 21.1 Å². The second-order valence-electron chi connectivity index (χ2n) is 7.28. The van der Waals surface area contributed by atoms with Crippen molar-refractivity contribution in [3.63, 3.8) is 0 Å². The summed E-state index contributed by atoms with van der Waals surface area (Å²) in [6, 6.07) is 5.14. The molecule has 3 heterocycles. The Morgan fingerprint density at radius 3 is 2.78 bits per heavy atom. The zero-order chi connectivity index (χ0) is 19.6. The summed E-state index contributed by atoms with van der Waals surface area (Å²) in [5.74, 6) is 0.395. The number of carbonyl (C=O) groups is 2. The van der Waals surface area contributed by atoms with E-state index in [4.69, 9.17) is 0 Å². The van der Waals surface area contributed by atoms with Crippen molar-refractivity contribution >= 4 is 27.2 Å². The van der Waals surface area contributed by atoms with Crippen molar-refractivity contribution in [1.29, 1.82) is 0 Å². The van der Waals surface area contributed by atoms with Crippen LogP contribution in [0.5, 0.6) is 0 Å². The molecule has 0 radical (unpaired) electrons. The Balaban J connectivity index is 1.65. The van der Waals surface area contributed by atoms with E-state index in [0.717, 1.165) is 12.2 Å². The molecule has 8 nitrogen and oxygen atoms in total. The number of nitrogens with zero attached hydrogens (tertiary/aromatic N) is 2. The smallest absolute Gasteiger partial charge is 0.272 e. The van der Waals surface area contributed by atoms with Crippen molar-refractivity contribution in [3.8, 4) is 0 Å². The maximum atomic E-state index is 12.5. The Hall–Kier alpha value is -2.42.